The van der Waals surface area contributed by atoms with Gasteiger partial charge in [-0.3, -0.25) is 0 Å². The van der Waals surface area contributed by atoms with E-state index in [1.165, 1.54) is 19.3 Å². The first kappa shape index (κ1) is 12.9. The van der Waals surface area contributed by atoms with Crippen LogP contribution in [0.15, 0.2) is 0 Å². The molecule has 3 heteroatoms. The van der Waals surface area contributed by atoms with Crippen molar-refractivity contribution in [3.8, 4) is 0 Å². The Bertz CT molecular complexity index is 176. The molecule has 0 spiro atoms. The van der Waals surface area contributed by atoms with Crippen LogP contribution in [0, 0.1) is 5.41 Å². The molecule has 2 unspecified atom stereocenters. The summed E-state index contributed by atoms with van der Waals surface area (Å²) in [5, 5.41) is 12.6. The first-order chi connectivity index (χ1) is 7.10. The van der Waals surface area contributed by atoms with Crippen molar-refractivity contribution in [2.45, 2.75) is 51.6 Å². The highest BCUT2D eigenvalue weighted by atomic mass is 16.5. The van der Waals surface area contributed by atoms with E-state index in [0.29, 0.717) is 24.1 Å². The lowest BCUT2D eigenvalue weighted by atomic mass is 9.87. The van der Waals surface area contributed by atoms with Crippen molar-refractivity contribution in [3.05, 3.63) is 0 Å². The summed E-state index contributed by atoms with van der Waals surface area (Å²) >= 11 is 0. The zero-order chi connectivity index (χ0) is 11.3. The average Bonchev–Trinajstić information content (AvgIpc) is 2.47. The topological polar surface area (TPSA) is 41.5 Å². The van der Waals surface area contributed by atoms with Gasteiger partial charge in [-0.05, 0) is 24.7 Å². The third-order valence-electron chi connectivity index (χ3n) is 3.54. The molecule has 0 amide bonds. The van der Waals surface area contributed by atoms with Crippen LogP contribution in [0.3, 0.4) is 0 Å². The van der Waals surface area contributed by atoms with Crippen LogP contribution in [0.4, 0.5) is 0 Å². The van der Waals surface area contributed by atoms with E-state index in [-0.39, 0.29) is 6.61 Å². The van der Waals surface area contributed by atoms with Gasteiger partial charge in [-0.2, -0.15) is 0 Å². The molecule has 0 aliphatic heterocycles. The van der Waals surface area contributed by atoms with Crippen LogP contribution in [0.5, 0.6) is 0 Å². The third kappa shape index (κ3) is 3.74. The van der Waals surface area contributed by atoms with Crippen LogP contribution in [-0.4, -0.2) is 37.5 Å². The number of rotatable bonds is 6. The van der Waals surface area contributed by atoms with E-state index in [4.69, 9.17) is 9.84 Å². The molecule has 0 saturated heterocycles. The molecule has 0 radical (unpaired) electrons. The lowest BCUT2D eigenvalue weighted by molar-refractivity contribution is 0.130. The van der Waals surface area contributed by atoms with E-state index in [1.807, 2.05) is 0 Å². The highest BCUT2D eigenvalue weighted by molar-refractivity contribution is 4.91. The minimum absolute atomic E-state index is 0.230. The Morgan fingerprint density at radius 1 is 1.53 bits per heavy atom. The molecule has 0 aromatic rings. The highest BCUT2D eigenvalue weighted by Gasteiger charge is 2.35. The van der Waals surface area contributed by atoms with E-state index in [9.17, 15) is 0 Å². The Morgan fingerprint density at radius 3 is 2.73 bits per heavy atom. The molecule has 1 saturated carbocycles. The second kappa shape index (κ2) is 5.83. The standard InChI is InChI=1S/C12H25NO2/c1-12(2)7-4-5-11(12)13-10(6-8-14)9-15-3/h10-11,13-14H,4-9H2,1-3H3. The first-order valence-corrected chi connectivity index (χ1v) is 5.96. The average molecular weight is 215 g/mol. The fourth-order valence-corrected chi connectivity index (χ4v) is 2.49. The normalized spacial score (nSPS) is 26.8. The molecule has 1 fully saturated rings. The maximum atomic E-state index is 8.97. The minimum Gasteiger partial charge on any atom is -0.396 e. The lowest BCUT2D eigenvalue weighted by Gasteiger charge is -2.31. The number of nitrogens with one attached hydrogen (secondary N) is 1. The zero-order valence-corrected chi connectivity index (χ0v) is 10.3. The van der Waals surface area contributed by atoms with Gasteiger partial charge >= 0.3 is 0 Å². The Morgan fingerprint density at radius 2 is 2.27 bits per heavy atom. The van der Waals surface area contributed by atoms with Gasteiger partial charge in [0.2, 0.25) is 0 Å². The van der Waals surface area contributed by atoms with E-state index in [2.05, 4.69) is 19.2 Å². The molecular formula is C12H25NO2. The molecular weight excluding hydrogens is 190 g/mol. The van der Waals surface area contributed by atoms with Gasteiger partial charge in [-0.25, -0.2) is 0 Å². The van der Waals surface area contributed by atoms with E-state index in [0.717, 1.165) is 6.42 Å². The third-order valence-corrected chi connectivity index (χ3v) is 3.54. The SMILES string of the molecule is COCC(CCO)NC1CCCC1(C)C. The van der Waals surface area contributed by atoms with E-state index >= 15 is 0 Å². The fourth-order valence-electron chi connectivity index (χ4n) is 2.49. The van der Waals surface area contributed by atoms with Gasteiger partial charge < -0.3 is 15.2 Å². The van der Waals surface area contributed by atoms with Crippen LogP contribution in [0.25, 0.3) is 0 Å². The number of aliphatic hydroxyl groups is 1. The molecule has 0 aromatic carbocycles. The summed E-state index contributed by atoms with van der Waals surface area (Å²) in [6.45, 7) is 5.56. The Labute approximate surface area is 93.2 Å². The molecule has 1 rings (SSSR count). The summed E-state index contributed by atoms with van der Waals surface area (Å²) in [6, 6.07) is 0.867. The van der Waals surface area contributed by atoms with Crippen LogP contribution in [0.1, 0.15) is 39.5 Å². The predicted molar refractivity (Wildman–Crippen MR) is 61.9 cm³/mol. The molecule has 1 aliphatic carbocycles. The van der Waals surface area contributed by atoms with Gasteiger partial charge in [-0.15, -0.1) is 0 Å². The van der Waals surface area contributed by atoms with Crippen molar-refractivity contribution in [3.63, 3.8) is 0 Å². The number of methoxy groups -OCH3 is 1. The van der Waals surface area contributed by atoms with E-state index in [1.54, 1.807) is 7.11 Å². The molecule has 15 heavy (non-hydrogen) atoms. The second-order valence-electron chi connectivity index (χ2n) is 5.26. The summed E-state index contributed by atoms with van der Waals surface area (Å²) < 4.78 is 5.16. The van der Waals surface area contributed by atoms with Gasteiger partial charge in [0.25, 0.3) is 0 Å². The largest absolute Gasteiger partial charge is 0.396 e. The van der Waals surface area contributed by atoms with Crippen molar-refractivity contribution in [2.75, 3.05) is 20.3 Å². The molecule has 1 aliphatic rings. The number of ether oxygens (including phenoxy) is 1. The molecule has 0 bridgehead atoms. The smallest absolute Gasteiger partial charge is 0.0616 e. The summed E-state index contributed by atoms with van der Waals surface area (Å²) in [6.07, 6.45) is 4.63. The van der Waals surface area contributed by atoms with Gasteiger partial charge in [-0.1, -0.05) is 20.3 Å². The first-order valence-electron chi connectivity index (χ1n) is 5.96. The van der Waals surface area contributed by atoms with Gasteiger partial charge in [0, 0.05) is 25.8 Å². The Kier molecular flexibility index (Phi) is 5.03. The van der Waals surface area contributed by atoms with Gasteiger partial charge in [0.1, 0.15) is 0 Å². The molecule has 0 aromatic heterocycles. The number of hydrogen-bond donors (Lipinski definition) is 2. The van der Waals surface area contributed by atoms with Gasteiger partial charge in [0.15, 0.2) is 0 Å². The van der Waals surface area contributed by atoms with Crippen molar-refractivity contribution in [2.24, 2.45) is 5.41 Å². The Hall–Kier alpha value is -0.120. The molecule has 90 valence electrons. The maximum absolute atomic E-state index is 8.97. The monoisotopic (exact) mass is 215 g/mol. The van der Waals surface area contributed by atoms with Crippen LogP contribution >= 0.6 is 0 Å². The molecule has 0 heterocycles. The predicted octanol–water partition coefficient (Wildman–Crippen LogP) is 1.55. The van der Waals surface area contributed by atoms with Crippen LogP contribution in [0.2, 0.25) is 0 Å². The summed E-state index contributed by atoms with van der Waals surface area (Å²) in [4.78, 5) is 0. The summed E-state index contributed by atoms with van der Waals surface area (Å²) in [5.41, 5.74) is 0.390. The van der Waals surface area contributed by atoms with E-state index < -0.39 is 0 Å². The summed E-state index contributed by atoms with van der Waals surface area (Å²) in [7, 11) is 1.71. The highest BCUT2D eigenvalue weighted by Crippen LogP contribution is 2.37. The van der Waals surface area contributed by atoms with Crippen molar-refractivity contribution in [1.82, 2.24) is 5.32 Å². The quantitative estimate of drug-likeness (QED) is 0.706. The number of hydrogen-bond acceptors (Lipinski definition) is 3. The molecule has 2 N–H and O–H groups in total. The molecule has 2 atom stereocenters. The minimum atomic E-state index is 0.230. The van der Waals surface area contributed by atoms with Crippen LogP contribution < -0.4 is 5.32 Å². The fraction of sp³-hybridized carbons (Fsp3) is 1.00. The molecule has 3 nitrogen and oxygen atoms in total. The van der Waals surface area contributed by atoms with Crippen molar-refractivity contribution >= 4 is 0 Å². The maximum Gasteiger partial charge on any atom is 0.0616 e. The number of aliphatic hydroxyl groups excluding tert-OH is 1. The van der Waals surface area contributed by atoms with Crippen molar-refractivity contribution < 1.29 is 9.84 Å². The van der Waals surface area contributed by atoms with Gasteiger partial charge in [0.05, 0.1) is 6.61 Å². The zero-order valence-electron chi connectivity index (χ0n) is 10.3. The van der Waals surface area contributed by atoms with Crippen molar-refractivity contribution in [1.29, 1.82) is 0 Å². The summed E-state index contributed by atoms with van der Waals surface area (Å²) in [5.74, 6) is 0. The Balaban J connectivity index is 2.42. The van der Waals surface area contributed by atoms with Crippen LogP contribution in [-0.2, 0) is 4.74 Å². The second-order valence-corrected chi connectivity index (χ2v) is 5.26. The lowest BCUT2D eigenvalue weighted by Crippen LogP contribution is -2.46.